The van der Waals surface area contributed by atoms with Crippen LogP contribution in [0.15, 0.2) is 30.6 Å². The van der Waals surface area contributed by atoms with Crippen LogP contribution in [0.2, 0.25) is 0 Å². The molecule has 1 saturated carbocycles. The second kappa shape index (κ2) is 11.0. The van der Waals surface area contributed by atoms with E-state index in [0.717, 1.165) is 37.8 Å². The van der Waals surface area contributed by atoms with Crippen molar-refractivity contribution in [3.05, 3.63) is 58.7 Å². The van der Waals surface area contributed by atoms with Gasteiger partial charge in [0.05, 0.1) is 17.4 Å². The van der Waals surface area contributed by atoms with Gasteiger partial charge in [0, 0.05) is 44.3 Å². The molecule has 1 aliphatic carbocycles. The summed E-state index contributed by atoms with van der Waals surface area (Å²) in [6.45, 7) is 3.03. The van der Waals surface area contributed by atoms with Gasteiger partial charge >= 0.3 is 6.18 Å². The fraction of sp³-hybridized carbons (Fsp3) is 0.577. The average molecular weight is 491 g/mol. The van der Waals surface area contributed by atoms with Gasteiger partial charge in [0.15, 0.2) is 0 Å². The molecule has 1 aromatic heterocycles. The van der Waals surface area contributed by atoms with Gasteiger partial charge in [0.2, 0.25) is 0 Å². The lowest BCUT2D eigenvalue weighted by Gasteiger charge is -2.38. The highest BCUT2D eigenvalue weighted by atomic mass is 19.4. The van der Waals surface area contributed by atoms with Crippen LogP contribution in [0, 0.1) is 6.92 Å². The van der Waals surface area contributed by atoms with Crippen molar-refractivity contribution in [1.82, 2.24) is 20.2 Å². The van der Waals surface area contributed by atoms with Gasteiger partial charge < -0.3 is 15.0 Å². The fourth-order valence-electron chi connectivity index (χ4n) is 5.20. The Morgan fingerprint density at radius 2 is 1.89 bits per heavy atom. The predicted octanol–water partition coefficient (Wildman–Crippen LogP) is 4.55. The standard InChI is InChI=1S/C26H33F3N4O2/c1-17-22(15-18-6-5-7-19(14-18)26(27,28)29)30-16-31-24(17)25(34)33-12-10-20(11-13-33)32-21-8-3-4-9-23(21)35-2/h5-7,14,16,20-21,23,32H,3-4,8-13,15H2,1-2H3/t21-,23+/m0/s1. The molecule has 6 nitrogen and oxygen atoms in total. The Morgan fingerprint density at radius 3 is 2.60 bits per heavy atom. The molecule has 1 N–H and O–H groups in total. The van der Waals surface area contributed by atoms with Crippen molar-refractivity contribution in [2.75, 3.05) is 20.2 Å². The molecule has 4 rings (SSSR count). The number of benzene rings is 1. The van der Waals surface area contributed by atoms with Crippen LogP contribution >= 0.6 is 0 Å². The monoisotopic (exact) mass is 490 g/mol. The largest absolute Gasteiger partial charge is 0.416 e. The molecule has 2 aliphatic rings. The van der Waals surface area contributed by atoms with Gasteiger partial charge in [0.1, 0.15) is 12.0 Å². The molecule has 0 spiro atoms. The zero-order valence-electron chi connectivity index (χ0n) is 20.3. The van der Waals surface area contributed by atoms with Crippen LogP contribution in [-0.4, -0.2) is 59.2 Å². The summed E-state index contributed by atoms with van der Waals surface area (Å²) in [5.41, 5.74) is 1.28. The second-order valence-corrected chi connectivity index (χ2v) is 9.57. The topological polar surface area (TPSA) is 67.3 Å². The minimum atomic E-state index is -4.40. The maximum Gasteiger partial charge on any atom is 0.416 e. The van der Waals surface area contributed by atoms with Gasteiger partial charge in [-0.05, 0) is 44.2 Å². The Balaban J connectivity index is 1.39. The molecule has 1 aromatic carbocycles. The number of hydrogen-bond donors (Lipinski definition) is 1. The first-order valence-electron chi connectivity index (χ1n) is 12.3. The number of piperidine rings is 1. The van der Waals surface area contributed by atoms with Gasteiger partial charge in [-0.1, -0.05) is 31.0 Å². The first-order valence-corrected chi connectivity index (χ1v) is 12.3. The Bertz CT molecular complexity index is 1020. The number of amides is 1. The number of nitrogens with one attached hydrogen (secondary N) is 1. The van der Waals surface area contributed by atoms with Crippen molar-refractivity contribution in [2.24, 2.45) is 0 Å². The minimum Gasteiger partial charge on any atom is -0.380 e. The van der Waals surface area contributed by atoms with E-state index in [1.807, 2.05) is 4.90 Å². The summed E-state index contributed by atoms with van der Waals surface area (Å²) in [5.74, 6) is -0.152. The van der Waals surface area contributed by atoms with Crippen LogP contribution in [-0.2, 0) is 17.3 Å². The first kappa shape index (κ1) is 25.6. The molecule has 0 radical (unpaired) electrons. The highest BCUT2D eigenvalue weighted by Crippen LogP contribution is 2.30. The first-order chi connectivity index (χ1) is 16.8. The molecule has 2 aromatic rings. The Kier molecular flexibility index (Phi) is 8.06. The quantitative estimate of drug-likeness (QED) is 0.644. The number of alkyl halides is 3. The van der Waals surface area contributed by atoms with E-state index in [4.69, 9.17) is 4.74 Å². The molecule has 9 heteroatoms. The molecule has 35 heavy (non-hydrogen) atoms. The Morgan fingerprint density at radius 1 is 1.14 bits per heavy atom. The lowest BCUT2D eigenvalue weighted by Crippen LogP contribution is -2.52. The van der Waals surface area contributed by atoms with Crippen LogP contribution in [0.4, 0.5) is 13.2 Å². The number of carbonyl (C=O) groups excluding carboxylic acids is 1. The van der Waals surface area contributed by atoms with Gasteiger partial charge in [-0.2, -0.15) is 13.2 Å². The molecule has 1 saturated heterocycles. The minimum absolute atomic E-state index is 0.152. The third-order valence-corrected chi connectivity index (χ3v) is 7.25. The van der Waals surface area contributed by atoms with E-state index in [-0.39, 0.29) is 18.4 Å². The number of halogens is 3. The SMILES string of the molecule is CO[C@@H]1CCCC[C@@H]1NC1CCN(C(=O)c2ncnc(Cc3cccc(C(F)(F)F)c3)c2C)CC1. The molecule has 190 valence electrons. The number of likely N-dealkylation sites (tertiary alicyclic amines) is 1. The van der Waals surface area contributed by atoms with Crippen molar-refractivity contribution < 1.29 is 22.7 Å². The van der Waals surface area contributed by atoms with Crippen LogP contribution in [0.25, 0.3) is 0 Å². The molecule has 2 heterocycles. The summed E-state index contributed by atoms with van der Waals surface area (Å²) in [4.78, 5) is 23.6. The van der Waals surface area contributed by atoms with Gasteiger partial charge in [0.25, 0.3) is 5.91 Å². The zero-order valence-corrected chi connectivity index (χ0v) is 20.3. The van der Waals surface area contributed by atoms with E-state index >= 15 is 0 Å². The van der Waals surface area contributed by atoms with Gasteiger partial charge in [-0.25, -0.2) is 9.97 Å². The summed E-state index contributed by atoms with van der Waals surface area (Å²) in [7, 11) is 1.78. The van der Waals surface area contributed by atoms with Crippen molar-refractivity contribution in [2.45, 2.75) is 76.2 Å². The smallest absolute Gasteiger partial charge is 0.380 e. The van der Waals surface area contributed by atoms with Crippen molar-refractivity contribution in [3.8, 4) is 0 Å². The third kappa shape index (κ3) is 6.19. The molecule has 1 amide bonds. The van der Waals surface area contributed by atoms with E-state index in [9.17, 15) is 18.0 Å². The van der Waals surface area contributed by atoms with Crippen molar-refractivity contribution >= 4 is 5.91 Å². The normalized spacial score (nSPS) is 21.8. The number of hydrogen-bond acceptors (Lipinski definition) is 5. The van der Waals surface area contributed by atoms with Gasteiger partial charge in [-0.15, -0.1) is 0 Å². The molecule has 0 unspecified atom stereocenters. The predicted molar refractivity (Wildman–Crippen MR) is 126 cm³/mol. The number of carbonyl (C=O) groups is 1. The lowest BCUT2D eigenvalue weighted by molar-refractivity contribution is -0.137. The van der Waals surface area contributed by atoms with Crippen molar-refractivity contribution in [1.29, 1.82) is 0 Å². The zero-order chi connectivity index (χ0) is 25.0. The summed E-state index contributed by atoms with van der Waals surface area (Å²) in [5, 5.41) is 3.75. The molecule has 0 bridgehead atoms. The average Bonchev–Trinajstić information content (AvgIpc) is 2.85. The van der Waals surface area contributed by atoms with Crippen LogP contribution in [0.5, 0.6) is 0 Å². The fourth-order valence-corrected chi connectivity index (χ4v) is 5.20. The Hall–Kier alpha value is -2.52. The molecular formula is C26H33F3N4O2. The van der Waals surface area contributed by atoms with Gasteiger partial charge in [-0.3, -0.25) is 4.79 Å². The summed E-state index contributed by atoms with van der Waals surface area (Å²) in [6, 6.07) is 5.91. The lowest BCUT2D eigenvalue weighted by atomic mass is 9.90. The van der Waals surface area contributed by atoms with Crippen molar-refractivity contribution in [3.63, 3.8) is 0 Å². The van der Waals surface area contributed by atoms with E-state index in [1.54, 1.807) is 20.1 Å². The van der Waals surface area contributed by atoms with Crippen LogP contribution < -0.4 is 5.32 Å². The third-order valence-electron chi connectivity index (χ3n) is 7.25. The molecular weight excluding hydrogens is 457 g/mol. The van der Waals surface area contributed by atoms with E-state index in [0.29, 0.717) is 47.7 Å². The summed E-state index contributed by atoms with van der Waals surface area (Å²) >= 11 is 0. The summed E-state index contributed by atoms with van der Waals surface area (Å²) in [6.07, 6.45) is 3.72. The van der Waals surface area contributed by atoms with E-state index < -0.39 is 11.7 Å². The number of aromatic nitrogens is 2. The number of methoxy groups -OCH3 is 1. The van der Waals surface area contributed by atoms with Crippen LogP contribution in [0.3, 0.4) is 0 Å². The number of ether oxygens (including phenoxy) is 1. The maximum atomic E-state index is 13.3. The maximum absolute atomic E-state index is 13.3. The van der Waals surface area contributed by atoms with Crippen LogP contribution in [0.1, 0.15) is 71.4 Å². The second-order valence-electron chi connectivity index (χ2n) is 9.57. The molecule has 1 aliphatic heterocycles. The van der Waals surface area contributed by atoms with E-state index in [1.165, 1.54) is 25.2 Å². The highest BCUT2D eigenvalue weighted by Gasteiger charge is 2.32. The number of rotatable bonds is 6. The summed E-state index contributed by atoms with van der Waals surface area (Å²) < 4.78 is 44.9. The molecule has 2 fully saturated rings. The van der Waals surface area contributed by atoms with E-state index in [2.05, 4.69) is 15.3 Å². The number of nitrogens with zero attached hydrogens (tertiary/aromatic N) is 3. The highest BCUT2D eigenvalue weighted by molar-refractivity contribution is 5.93. The molecule has 2 atom stereocenters. The Labute approximate surface area is 204 Å².